The summed E-state index contributed by atoms with van der Waals surface area (Å²) in [5, 5.41) is 5.33. The van der Waals surface area contributed by atoms with Crippen LogP contribution in [-0.2, 0) is 20.7 Å². The summed E-state index contributed by atoms with van der Waals surface area (Å²) in [6, 6.07) is 19.4. The summed E-state index contributed by atoms with van der Waals surface area (Å²) in [6.45, 7) is 5.40. The van der Waals surface area contributed by atoms with Gasteiger partial charge in [0.05, 0.1) is 12.6 Å². The Morgan fingerprint density at radius 1 is 0.914 bits per heavy atom. The number of aromatic nitrogens is 1. The Kier molecular flexibility index (Phi) is 6.60. The molecule has 0 aliphatic rings. The lowest BCUT2D eigenvalue weighted by Gasteiger charge is -2.19. The number of esters is 1. The van der Waals surface area contributed by atoms with Crippen molar-refractivity contribution >= 4 is 39.6 Å². The molecule has 1 atom stereocenters. The molecule has 1 N–H and O–H groups in total. The number of nitrogens with one attached hydrogen (secondary N) is 1. The van der Waals surface area contributed by atoms with Gasteiger partial charge in [0.2, 0.25) is 0 Å². The summed E-state index contributed by atoms with van der Waals surface area (Å²) in [4.78, 5) is 38.7. The summed E-state index contributed by atoms with van der Waals surface area (Å²) in [7, 11) is 1.28. The summed E-state index contributed by atoms with van der Waals surface area (Å²) < 4.78 is 12.0. The number of fused-ring (bicyclic) bond motifs is 2. The molecule has 0 saturated carbocycles. The van der Waals surface area contributed by atoms with Crippen LogP contribution in [0.5, 0.6) is 0 Å². The number of benzene rings is 3. The Labute approximate surface area is 203 Å². The molecule has 0 radical (unpaired) electrons. The summed E-state index contributed by atoms with van der Waals surface area (Å²) in [5.74, 6) is -0.958. The van der Waals surface area contributed by atoms with E-state index in [0.717, 1.165) is 16.2 Å². The number of hydrogen-bond acceptors (Lipinski definition) is 5. The summed E-state index contributed by atoms with van der Waals surface area (Å²) in [6.07, 6.45) is 1.27. The first-order chi connectivity index (χ1) is 16.7. The highest BCUT2D eigenvalue weighted by atomic mass is 16.6. The van der Waals surface area contributed by atoms with Crippen LogP contribution in [0.2, 0.25) is 0 Å². The van der Waals surface area contributed by atoms with E-state index in [0.29, 0.717) is 16.6 Å². The molecule has 0 spiro atoms. The zero-order chi connectivity index (χ0) is 25.2. The van der Waals surface area contributed by atoms with E-state index >= 15 is 0 Å². The Balaban J connectivity index is 1.67. The molecule has 3 aromatic carbocycles. The third-order valence-electron chi connectivity index (χ3n) is 5.63. The maximum absolute atomic E-state index is 13.2. The third-order valence-corrected chi connectivity index (χ3v) is 5.63. The Morgan fingerprint density at radius 3 is 2.29 bits per heavy atom. The van der Waals surface area contributed by atoms with Crippen LogP contribution in [0.4, 0.5) is 4.79 Å². The van der Waals surface area contributed by atoms with Crippen molar-refractivity contribution in [3.63, 3.8) is 0 Å². The van der Waals surface area contributed by atoms with E-state index in [-0.39, 0.29) is 12.3 Å². The topological polar surface area (TPSA) is 86.6 Å². The second kappa shape index (κ2) is 9.62. The molecule has 7 heteroatoms. The molecule has 0 unspecified atom stereocenters. The average Bonchev–Trinajstić information content (AvgIpc) is 3.20. The average molecular weight is 473 g/mol. The number of para-hydroxylation sites is 1. The van der Waals surface area contributed by atoms with E-state index in [1.807, 2.05) is 54.6 Å². The van der Waals surface area contributed by atoms with E-state index in [1.165, 1.54) is 11.7 Å². The second-order valence-electron chi connectivity index (χ2n) is 9.30. The molecule has 0 fully saturated rings. The van der Waals surface area contributed by atoms with Gasteiger partial charge in [-0.25, -0.2) is 9.59 Å². The minimum absolute atomic E-state index is 0.138. The Morgan fingerprint density at radius 2 is 1.57 bits per heavy atom. The zero-order valence-electron chi connectivity index (χ0n) is 20.2. The van der Waals surface area contributed by atoms with Crippen LogP contribution < -0.4 is 5.32 Å². The lowest BCUT2D eigenvalue weighted by atomic mass is 10.0. The number of rotatable bonds is 5. The highest BCUT2D eigenvalue weighted by Gasteiger charge is 2.27. The molecule has 1 heterocycles. The van der Waals surface area contributed by atoms with Crippen molar-refractivity contribution in [2.24, 2.45) is 0 Å². The molecule has 4 aromatic rings. The standard InChI is InChI=1S/C28H28N2O5/c1-28(2,3)35-27(33)30-17-19(21-13-7-8-15-24(21)30)16-23(26(32)34-4)29-25(31)22-14-9-11-18-10-5-6-12-20(18)22/h5-15,17,23H,16H2,1-4H3,(H,29,31)/t23-/m0/s1. The Bertz CT molecular complexity index is 1410. The molecule has 35 heavy (non-hydrogen) atoms. The quantitative estimate of drug-likeness (QED) is 0.409. The fourth-order valence-electron chi connectivity index (χ4n) is 4.09. The molecular weight excluding hydrogens is 444 g/mol. The first-order valence-electron chi connectivity index (χ1n) is 11.4. The normalized spacial score (nSPS) is 12.3. The first kappa shape index (κ1) is 24.0. The van der Waals surface area contributed by atoms with Crippen LogP contribution >= 0.6 is 0 Å². The minimum Gasteiger partial charge on any atom is -0.467 e. The number of carbonyl (C=O) groups is 3. The van der Waals surface area contributed by atoms with E-state index < -0.39 is 23.7 Å². The van der Waals surface area contributed by atoms with Crippen molar-refractivity contribution in [1.82, 2.24) is 9.88 Å². The molecule has 4 rings (SSSR count). The van der Waals surface area contributed by atoms with Crippen molar-refractivity contribution in [2.75, 3.05) is 7.11 Å². The van der Waals surface area contributed by atoms with Crippen LogP contribution in [0.25, 0.3) is 21.7 Å². The van der Waals surface area contributed by atoms with Crippen LogP contribution in [0.3, 0.4) is 0 Å². The fraction of sp³-hybridized carbons (Fsp3) is 0.250. The van der Waals surface area contributed by atoms with Gasteiger partial charge in [-0.2, -0.15) is 0 Å². The van der Waals surface area contributed by atoms with Gasteiger partial charge in [-0.3, -0.25) is 9.36 Å². The van der Waals surface area contributed by atoms with Crippen LogP contribution in [-0.4, -0.2) is 41.3 Å². The number of methoxy groups -OCH3 is 1. The number of amides is 1. The monoisotopic (exact) mass is 472 g/mol. The number of ether oxygens (including phenoxy) is 2. The number of carbonyl (C=O) groups excluding carboxylic acids is 3. The predicted molar refractivity (Wildman–Crippen MR) is 134 cm³/mol. The second-order valence-corrected chi connectivity index (χ2v) is 9.30. The lowest BCUT2D eigenvalue weighted by Crippen LogP contribution is -2.43. The van der Waals surface area contributed by atoms with Gasteiger partial charge in [-0.1, -0.05) is 54.6 Å². The van der Waals surface area contributed by atoms with Gasteiger partial charge in [-0.15, -0.1) is 0 Å². The van der Waals surface area contributed by atoms with Crippen LogP contribution in [0.1, 0.15) is 36.7 Å². The smallest absolute Gasteiger partial charge is 0.419 e. The SMILES string of the molecule is COC(=O)[C@H](Cc1cn(C(=O)OC(C)(C)C)c2ccccc12)NC(=O)c1cccc2ccccc12. The van der Waals surface area contributed by atoms with Crippen LogP contribution in [0, 0.1) is 0 Å². The number of hydrogen-bond donors (Lipinski definition) is 1. The molecule has 0 aliphatic carbocycles. The van der Waals surface area contributed by atoms with Gasteiger partial charge in [0.15, 0.2) is 0 Å². The van der Waals surface area contributed by atoms with Crippen molar-refractivity contribution < 1.29 is 23.9 Å². The third kappa shape index (κ3) is 5.19. The lowest BCUT2D eigenvalue weighted by molar-refractivity contribution is -0.142. The van der Waals surface area contributed by atoms with Crippen molar-refractivity contribution in [1.29, 1.82) is 0 Å². The molecule has 0 bridgehead atoms. The summed E-state index contributed by atoms with van der Waals surface area (Å²) in [5.41, 5.74) is 1.16. The highest BCUT2D eigenvalue weighted by molar-refractivity contribution is 6.08. The van der Waals surface area contributed by atoms with Gasteiger partial charge in [0.25, 0.3) is 5.91 Å². The molecule has 1 amide bonds. The maximum Gasteiger partial charge on any atom is 0.419 e. The minimum atomic E-state index is -0.954. The van der Waals surface area contributed by atoms with E-state index in [1.54, 1.807) is 39.1 Å². The van der Waals surface area contributed by atoms with Crippen LogP contribution in [0.15, 0.2) is 72.9 Å². The molecule has 7 nitrogen and oxygen atoms in total. The predicted octanol–water partition coefficient (Wildman–Crippen LogP) is 5.09. The largest absolute Gasteiger partial charge is 0.467 e. The number of nitrogens with zero attached hydrogens (tertiary/aromatic N) is 1. The van der Waals surface area contributed by atoms with Gasteiger partial charge in [0, 0.05) is 23.6 Å². The van der Waals surface area contributed by atoms with Gasteiger partial charge >= 0.3 is 12.1 Å². The molecule has 0 aliphatic heterocycles. The van der Waals surface area contributed by atoms with Crippen molar-refractivity contribution in [3.8, 4) is 0 Å². The van der Waals surface area contributed by atoms with E-state index in [4.69, 9.17) is 9.47 Å². The summed E-state index contributed by atoms with van der Waals surface area (Å²) >= 11 is 0. The molecular formula is C28H28N2O5. The van der Waals surface area contributed by atoms with Gasteiger partial charge in [0.1, 0.15) is 11.6 Å². The zero-order valence-corrected chi connectivity index (χ0v) is 20.2. The van der Waals surface area contributed by atoms with Gasteiger partial charge < -0.3 is 14.8 Å². The first-order valence-corrected chi connectivity index (χ1v) is 11.4. The van der Waals surface area contributed by atoms with Gasteiger partial charge in [-0.05, 0) is 49.2 Å². The fourth-order valence-corrected chi connectivity index (χ4v) is 4.09. The maximum atomic E-state index is 13.2. The van der Waals surface area contributed by atoms with Crippen molar-refractivity contribution in [3.05, 3.63) is 84.1 Å². The van der Waals surface area contributed by atoms with Crippen molar-refractivity contribution in [2.45, 2.75) is 38.8 Å². The molecule has 0 saturated heterocycles. The van der Waals surface area contributed by atoms with E-state index in [9.17, 15) is 14.4 Å². The van der Waals surface area contributed by atoms with E-state index in [2.05, 4.69) is 5.32 Å². The highest BCUT2D eigenvalue weighted by Crippen LogP contribution is 2.25. The molecule has 180 valence electrons. The Hall–Kier alpha value is -4.13. The molecule has 1 aromatic heterocycles.